The first-order valence-corrected chi connectivity index (χ1v) is 10.1. The number of halogens is 1. The molecular formula is C18H20BrN3O3S. The third-order valence-electron chi connectivity index (χ3n) is 4.49. The van der Waals surface area contributed by atoms with Gasteiger partial charge in [-0.15, -0.1) is 11.3 Å². The predicted octanol–water partition coefficient (Wildman–Crippen LogP) is 4.68. The van der Waals surface area contributed by atoms with Crippen molar-refractivity contribution in [2.24, 2.45) is 0 Å². The van der Waals surface area contributed by atoms with Gasteiger partial charge in [-0.05, 0) is 53.4 Å². The minimum atomic E-state index is -0.451. The minimum Gasteiger partial charge on any atom is -0.371 e. The van der Waals surface area contributed by atoms with E-state index in [-0.39, 0.29) is 11.6 Å². The summed E-state index contributed by atoms with van der Waals surface area (Å²) in [5.41, 5.74) is 1.14. The molecule has 3 rings (SSSR count). The van der Waals surface area contributed by atoms with E-state index < -0.39 is 4.92 Å². The van der Waals surface area contributed by atoms with Crippen LogP contribution in [-0.4, -0.2) is 35.9 Å². The molecule has 0 unspecified atom stereocenters. The second-order valence-corrected chi connectivity index (χ2v) is 8.92. The lowest BCUT2D eigenvalue weighted by molar-refractivity contribution is -0.384. The van der Waals surface area contributed by atoms with E-state index in [1.165, 1.54) is 18.6 Å². The van der Waals surface area contributed by atoms with Crippen LogP contribution in [0.15, 0.2) is 34.1 Å². The van der Waals surface area contributed by atoms with Crippen LogP contribution in [0.3, 0.4) is 0 Å². The van der Waals surface area contributed by atoms with Crippen LogP contribution in [0.4, 0.5) is 11.4 Å². The maximum absolute atomic E-state index is 13.1. The fourth-order valence-corrected chi connectivity index (χ4v) is 4.70. The van der Waals surface area contributed by atoms with Crippen LogP contribution in [0.5, 0.6) is 0 Å². The first-order chi connectivity index (χ1) is 12.5. The molecule has 1 aliphatic rings. The molecule has 0 bridgehead atoms. The van der Waals surface area contributed by atoms with E-state index in [4.69, 9.17) is 0 Å². The molecule has 6 nitrogen and oxygen atoms in total. The molecule has 1 aliphatic heterocycles. The number of amides is 1. The van der Waals surface area contributed by atoms with Gasteiger partial charge in [0.25, 0.3) is 11.6 Å². The maximum Gasteiger partial charge on any atom is 0.270 e. The van der Waals surface area contributed by atoms with Gasteiger partial charge in [0.1, 0.15) is 0 Å². The summed E-state index contributed by atoms with van der Waals surface area (Å²) in [5.74, 6) is -0.196. The number of anilines is 1. The van der Waals surface area contributed by atoms with Crippen LogP contribution >= 0.6 is 27.3 Å². The van der Waals surface area contributed by atoms with Gasteiger partial charge < -0.3 is 9.80 Å². The second kappa shape index (κ2) is 8.18. The average Bonchev–Trinajstić information content (AvgIpc) is 3.06. The number of hydrogen-bond donors (Lipinski definition) is 0. The highest BCUT2D eigenvalue weighted by Crippen LogP contribution is 2.30. The number of benzene rings is 1. The molecule has 0 aliphatic carbocycles. The minimum absolute atomic E-state index is 0.0543. The highest BCUT2D eigenvalue weighted by Gasteiger charge is 2.24. The van der Waals surface area contributed by atoms with Crippen LogP contribution in [0.25, 0.3) is 0 Å². The molecule has 1 saturated heterocycles. The normalized spacial score (nSPS) is 14.3. The molecule has 0 spiro atoms. The quantitative estimate of drug-likeness (QED) is 0.502. The van der Waals surface area contributed by atoms with E-state index in [1.807, 2.05) is 12.1 Å². The number of piperidine rings is 1. The summed E-state index contributed by atoms with van der Waals surface area (Å²) in [6.07, 6.45) is 3.33. The van der Waals surface area contributed by atoms with Gasteiger partial charge >= 0.3 is 0 Å². The Kier molecular flexibility index (Phi) is 5.93. The molecule has 8 heteroatoms. The van der Waals surface area contributed by atoms with Crippen molar-refractivity contribution in [1.82, 2.24) is 4.90 Å². The number of carbonyl (C=O) groups excluding carboxylic acids is 1. The van der Waals surface area contributed by atoms with Crippen molar-refractivity contribution in [2.45, 2.75) is 25.8 Å². The van der Waals surface area contributed by atoms with Crippen LogP contribution in [0, 0.1) is 10.1 Å². The largest absolute Gasteiger partial charge is 0.371 e. The summed E-state index contributed by atoms with van der Waals surface area (Å²) < 4.78 is 1.01. The Morgan fingerprint density at radius 2 is 2.00 bits per heavy atom. The smallest absolute Gasteiger partial charge is 0.270 e. The predicted molar refractivity (Wildman–Crippen MR) is 107 cm³/mol. The van der Waals surface area contributed by atoms with Crippen molar-refractivity contribution in [3.8, 4) is 0 Å². The molecule has 0 radical (unpaired) electrons. The number of non-ortho nitro benzene ring substituents is 1. The molecule has 1 aromatic carbocycles. The molecule has 1 fully saturated rings. The Labute approximate surface area is 164 Å². The number of thiophene rings is 1. The SMILES string of the molecule is CN(Cc1ccc(Br)s1)C(=O)c1cc([N+](=O)[O-])ccc1N1CCCCC1. The lowest BCUT2D eigenvalue weighted by Gasteiger charge is -2.31. The van der Waals surface area contributed by atoms with Gasteiger partial charge in [0.15, 0.2) is 0 Å². The Bertz CT molecular complexity index is 818. The van der Waals surface area contributed by atoms with E-state index in [2.05, 4.69) is 20.8 Å². The number of nitrogens with zero attached hydrogens (tertiary/aromatic N) is 3. The van der Waals surface area contributed by atoms with Crippen molar-refractivity contribution < 1.29 is 9.72 Å². The monoisotopic (exact) mass is 437 g/mol. The fourth-order valence-electron chi connectivity index (χ4n) is 3.17. The number of rotatable bonds is 5. The molecule has 138 valence electrons. The summed E-state index contributed by atoms with van der Waals surface area (Å²) in [4.78, 5) is 28.6. The Hall–Kier alpha value is -1.93. The average molecular weight is 438 g/mol. The highest BCUT2D eigenvalue weighted by atomic mass is 79.9. The zero-order chi connectivity index (χ0) is 18.7. The van der Waals surface area contributed by atoms with Gasteiger partial charge in [0.05, 0.1) is 26.5 Å². The highest BCUT2D eigenvalue weighted by molar-refractivity contribution is 9.11. The fraction of sp³-hybridized carbons (Fsp3) is 0.389. The van der Waals surface area contributed by atoms with Crippen molar-refractivity contribution in [1.29, 1.82) is 0 Å². The van der Waals surface area contributed by atoms with Crippen LogP contribution < -0.4 is 4.90 Å². The van der Waals surface area contributed by atoms with Crippen molar-refractivity contribution in [2.75, 3.05) is 25.0 Å². The van der Waals surface area contributed by atoms with E-state index in [1.54, 1.807) is 29.4 Å². The summed E-state index contributed by atoms with van der Waals surface area (Å²) in [6.45, 7) is 2.22. The van der Waals surface area contributed by atoms with Gasteiger partial charge in [-0.25, -0.2) is 0 Å². The standard InChI is InChI=1S/C18H20BrN3O3S/c1-20(12-14-6-8-17(19)26-14)18(23)15-11-13(22(24)25)5-7-16(15)21-9-3-2-4-10-21/h5-8,11H,2-4,9-10,12H2,1H3. The van der Waals surface area contributed by atoms with E-state index in [0.29, 0.717) is 12.1 Å². The van der Waals surface area contributed by atoms with Gasteiger partial charge in [-0.2, -0.15) is 0 Å². The second-order valence-electron chi connectivity index (χ2n) is 6.37. The topological polar surface area (TPSA) is 66.7 Å². The zero-order valence-corrected chi connectivity index (χ0v) is 16.9. The summed E-state index contributed by atoms with van der Waals surface area (Å²) in [7, 11) is 1.73. The van der Waals surface area contributed by atoms with Crippen LogP contribution in [0.1, 0.15) is 34.5 Å². The third-order valence-corrected chi connectivity index (χ3v) is 6.10. The van der Waals surface area contributed by atoms with Crippen LogP contribution in [0.2, 0.25) is 0 Å². The molecular weight excluding hydrogens is 418 g/mol. The van der Waals surface area contributed by atoms with Gasteiger partial charge in [0.2, 0.25) is 0 Å². The maximum atomic E-state index is 13.1. The molecule has 2 aromatic rings. The van der Waals surface area contributed by atoms with Crippen molar-refractivity contribution in [3.05, 3.63) is 54.7 Å². The summed E-state index contributed by atoms with van der Waals surface area (Å²) in [5, 5.41) is 11.2. The Morgan fingerprint density at radius 3 is 2.62 bits per heavy atom. The van der Waals surface area contributed by atoms with Crippen molar-refractivity contribution in [3.63, 3.8) is 0 Å². The van der Waals surface area contributed by atoms with E-state index >= 15 is 0 Å². The van der Waals surface area contributed by atoms with Crippen LogP contribution in [-0.2, 0) is 6.54 Å². The van der Waals surface area contributed by atoms with Gasteiger partial charge in [-0.1, -0.05) is 0 Å². The summed E-state index contributed by atoms with van der Waals surface area (Å²) >= 11 is 5.00. The Morgan fingerprint density at radius 1 is 1.27 bits per heavy atom. The van der Waals surface area contributed by atoms with Gasteiger partial charge in [-0.3, -0.25) is 14.9 Å². The zero-order valence-electron chi connectivity index (χ0n) is 14.5. The number of nitro groups is 1. The van der Waals surface area contributed by atoms with E-state index in [9.17, 15) is 14.9 Å². The molecule has 26 heavy (non-hydrogen) atoms. The van der Waals surface area contributed by atoms with E-state index in [0.717, 1.165) is 40.3 Å². The first kappa shape index (κ1) is 18.8. The molecule has 0 N–H and O–H groups in total. The third kappa shape index (κ3) is 4.24. The van der Waals surface area contributed by atoms with Crippen molar-refractivity contribution >= 4 is 44.5 Å². The number of nitro benzene ring substituents is 1. The molecule has 0 atom stereocenters. The molecule has 2 heterocycles. The molecule has 1 amide bonds. The molecule has 0 saturated carbocycles. The number of hydrogen-bond acceptors (Lipinski definition) is 5. The Balaban J connectivity index is 1.90. The lowest BCUT2D eigenvalue weighted by atomic mass is 10.1. The van der Waals surface area contributed by atoms with Gasteiger partial charge in [0, 0.05) is 37.1 Å². The number of carbonyl (C=O) groups is 1. The molecule has 1 aromatic heterocycles. The first-order valence-electron chi connectivity index (χ1n) is 8.49. The summed E-state index contributed by atoms with van der Waals surface area (Å²) in [6, 6.07) is 8.53. The lowest BCUT2D eigenvalue weighted by Crippen LogP contribution is -2.33.